The summed E-state index contributed by atoms with van der Waals surface area (Å²) in [6.07, 6.45) is 0.456. The van der Waals surface area contributed by atoms with Crippen LogP contribution in [0.15, 0.2) is 18.2 Å². The molecule has 1 aromatic carbocycles. The lowest BCUT2D eigenvalue weighted by Gasteiger charge is -2.16. The van der Waals surface area contributed by atoms with Crippen molar-refractivity contribution < 1.29 is 4.79 Å². The highest BCUT2D eigenvalue weighted by Crippen LogP contribution is 2.15. The SMILES string of the molecule is Cc1cccc(C)c1CC(=O)C(N)C(C)C. The maximum Gasteiger partial charge on any atom is 0.154 e. The molecule has 1 unspecified atom stereocenters. The summed E-state index contributed by atoms with van der Waals surface area (Å²) in [5.74, 6) is 0.337. The Morgan fingerprint density at radius 1 is 1.25 bits per heavy atom. The van der Waals surface area contributed by atoms with Gasteiger partial charge in [0.05, 0.1) is 6.04 Å². The first-order valence-corrected chi connectivity index (χ1v) is 5.77. The molecule has 2 N–H and O–H groups in total. The van der Waals surface area contributed by atoms with Crippen molar-refractivity contribution >= 4 is 5.78 Å². The van der Waals surface area contributed by atoms with Crippen LogP contribution in [0.3, 0.4) is 0 Å². The lowest BCUT2D eigenvalue weighted by atomic mass is 9.92. The number of hydrogen-bond acceptors (Lipinski definition) is 2. The van der Waals surface area contributed by atoms with Crippen molar-refractivity contribution in [3.63, 3.8) is 0 Å². The fraction of sp³-hybridized carbons (Fsp3) is 0.500. The van der Waals surface area contributed by atoms with E-state index in [2.05, 4.69) is 0 Å². The average molecular weight is 219 g/mol. The number of carbonyl (C=O) groups is 1. The highest BCUT2D eigenvalue weighted by atomic mass is 16.1. The molecule has 0 spiro atoms. The van der Waals surface area contributed by atoms with Gasteiger partial charge in [0.15, 0.2) is 5.78 Å². The van der Waals surface area contributed by atoms with Crippen molar-refractivity contribution in [1.82, 2.24) is 0 Å². The number of nitrogens with two attached hydrogens (primary N) is 1. The Bertz CT molecular complexity index is 362. The fourth-order valence-corrected chi connectivity index (χ4v) is 1.79. The Morgan fingerprint density at radius 3 is 2.19 bits per heavy atom. The minimum Gasteiger partial charge on any atom is -0.321 e. The molecule has 2 nitrogen and oxygen atoms in total. The van der Waals surface area contributed by atoms with Crippen molar-refractivity contribution in [2.24, 2.45) is 11.7 Å². The van der Waals surface area contributed by atoms with Crippen molar-refractivity contribution in [3.8, 4) is 0 Å². The Hall–Kier alpha value is -1.15. The standard InChI is InChI=1S/C14H21NO/c1-9(2)14(15)13(16)8-12-10(3)6-5-7-11(12)4/h5-7,9,14H,8,15H2,1-4H3. The van der Waals surface area contributed by atoms with E-state index in [1.807, 2.05) is 45.9 Å². The smallest absolute Gasteiger partial charge is 0.154 e. The van der Waals surface area contributed by atoms with Crippen molar-refractivity contribution in [3.05, 3.63) is 34.9 Å². The first-order valence-electron chi connectivity index (χ1n) is 5.77. The second kappa shape index (κ2) is 5.26. The zero-order valence-corrected chi connectivity index (χ0v) is 10.6. The molecule has 0 aromatic heterocycles. The van der Waals surface area contributed by atoms with E-state index in [1.54, 1.807) is 0 Å². The summed E-state index contributed by atoms with van der Waals surface area (Å²) in [5.41, 5.74) is 9.33. The molecule has 0 radical (unpaired) electrons. The largest absolute Gasteiger partial charge is 0.321 e. The minimum atomic E-state index is -0.348. The molecule has 1 rings (SSSR count). The van der Waals surface area contributed by atoms with E-state index in [9.17, 15) is 4.79 Å². The molecular formula is C14H21NO. The lowest BCUT2D eigenvalue weighted by molar-refractivity contribution is -0.120. The van der Waals surface area contributed by atoms with Crippen LogP contribution in [0.25, 0.3) is 0 Å². The van der Waals surface area contributed by atoms with Crippen molar-refractivity contribution in [2.75, 3.05) is 0 Å². The van der Waals surface area contributed by atoms with Gasteiger partial charge in [0.1, 0.15) is 0 Å². The predicted molar refractivity (Wildman–Crippen MR) is 67.4 cm³/mol. The Morgan fingerprint density at radius 2 is 1.75 bits per heavy atom. The van der Waals surface area contributed by atoms with Gasteiger partial charge in [-0.05, 0) is 36.5 Å². The van der Waals surface area contributed by atoms with Crippen LogP contribution in [0.1, 0.15) is 30.5 Å². The van der Waals surface area contributed by atoms with Gasteiger partial charge in [-0.3, -0.25) is 4.79 Å². The fourth-order valence-electron chi connectivity index (χ4n) is 1.79. The predicted octanol–water partition coefficient (Wildman–Crippen LogP) is 2.40. The van der Waals surface area contributed by atoms with Gasteiger partial charge < -0.3 is 5.73 Å². The van der Waals surface area contributed by atoms with Crippen LogP contribution < -0.4 is 5.73 Å². The highest BCUT2D eigenvalue weighted by molar-refractivity contribution is 5.86. The number of carbonyl (C=O) groups excluding carboxylic acids is 1. The van der Waals surface area contributed by atoms with Gasteiger partial charge in [0.25, 0.3) is 0 Å². The number of benzene rings is 1. The Balaban J connectivity index is 2.85. The van der Waals surface area contributed by atoms with E-state index >= 15 is 0 Å². The zero-order valence-electron chi connectivity index (χ0n) is 10.6. The summed E-state index contributed by atoms with van der Waals surface area (Å²) >= 11 is 0. The Labute approximate surface area is 97.9 Å². The highest BCUT2D eigenvalue weighted by Gasteiger charge is 2.18. The third kappa shape index (κ3) is 2.92. The summed E-state index contributed by atoms with van der Waals surface area (Å²) in [5, 5.41) is 0. The maximum atomic E-state index is 11.9. The van der Waals surface area contributed by atoms with E-state index in [4.69, 9.17) is 5.73 Å². The monoisotopic (exact) mass is 219 g/mol. The first-order chi connectivity index (χ1) is 7.43. The molecule has 0 saturated carbocycles. The van der Waals surface area contributed by atoms with Crippen LogP contribution >= 0.6 is 0 Å². The number of rotatable bonds is 4. The summed E-state index contributed by atoms with van der Waals surface area (Å²) in [4.78, 5) is 11.9. The topological polar surface area (TPSA) is 43.1 Å². The summed E-state index contributed by atoms with van der Waals surface area (Å²) < 4.78 is 0. The number of Topliss-reactive ketones (excluding diaryl/α,β-unsaturated/α-hetero) is 1. The summed E-state index contributed by atoms with van der Waals surface area (Å²) in [7, 11) is 0. The molecule has 88 valence electrons. The molecule has 0 aliphatic rings. The van der Waals surface area contributed by atoms with E-state index in [1.165, 1.54) is 11.1 Å². The van der Waals surface area contributed by atoms with Crippen LogP contribution in [0.5, 0.6) is 0 Å². The Kier molecular flexibility index (Phi) is 4.25. The van der Waals surface area contributed by atoms with Crippen LogP contribution in [-0.2, 0) is 11.2 Å². The van der Waals surface area contributed by atoms with E-state index in [0.717, 1.165) is 5.56 Å². The number of ketones is 1. The summed E-state index contributed by atoms with van der Waals surface area (Å²) in [6.45, 7) is 8.04. The molecular weight excluding hydrogens is 198 g/mol. The molecule has 2 heteroatoms. The summed E-state index contributed by atoms with van der Waals surface area (Å²) in [6, 6.07) is 5.74. The van der Waals surface area contributed by atoms with E-state index in [-0.39, 0.29) is 17.7 Å². The van der Waals surface area contributed by atoms with Crippen LogP contribution in [0.4, 0.5) is 0 Å². The van der Waals surface area contributed by atoms with Gasteiger partial charge in [-0.2, -0.15) is 0 Å². The molecule has 0 aliphatic heterocycles. The number of aryl methyl sites for hydroxylation is 2. The molecule has 0 fully saturated rings. The van der Waals surface area contributed by atoms with E-state index in [0.29, 0.717) is 6.42 Å². The molecule has 0 heterocycles. The third-order valence-electron chi connectivity index (χ3n) is 3.09. The minimum absolute atomic E-state index is 0.132. The molecule has 1 atom stereocenters. The maximum absolute atomic E-state index is 11.9. The van der Waals surface area contributed by atoms with Gasteiger partial charge in [0.2, 0.25) is 0 Å². The van der Waals surface area contributed by atoms with Crippen LogP contribution in [0, 0.1) is 19.8 Å². The second-order valence-electron chi connectivity index (χ2n) is 4.78. The second-order valence-corrected chi connectivity index (χ2v) is 4.78. The molecule has 0 bridgehead atoms. The van der Waals surface area contributed by atoms with Gasteiger partial charge in [0, 0.05) is 6.42 Å². The first kappa shape index (κ1) is 12.9. The number of hydrogen-bond donors (Lipinski definition) is 1. The van der Waals surface area contributed by atoms with Gasteiger partial charge in [-0.1, -0.05) is 32.0 Å². The third-order valence-corrected chi connectivity index (χ3v) is 3.09. The molecule has 0 saturated heterocycles. The van der Waals surface area contributed by atoms with Gasteiger partial charge in [-0.15, -0.1) is 0 Å². The van der Waals surface area contributed by atoms with Gasteiger partial charge >= 0.3 is 0 Å². The zero-order chi connectivity index (χ0) is 12.3. The lowest BCUT2D eigenvalue weighted by Crippen LogP contribution is -2.36. The van der Waals surface area contributed by atoms with Crippen LogP contribution in [-0.4, -0.2) is 11.8 Å². The molecule has 0 amide bonds. The van der Waals surface area contributed by atoms with Crippen molar-refractivity contribution in [2.45, 2.75) is 40.2 Å². The molecule has 1 aromatic rings. The average Bonchev–Trinajstić information content (AvgIpc) is 2.22. The molecule has 0 aliphatic carbocycles. The quantitative estimate of drug-likeness (QED) is 0.845. The van der Waals surface area contributed by atoms with Crippen LogP contribution in [0.2, 0.25) is 0 Å². The normalized spacial score (nSPS) is 12.9. The van der Waals surface area contributed by atoms with Crippen molar-refractivity contribution in [1.29, 1.82) is 0 Å². The van der Waals surface area contributed by atoms with Gasteiger partial charge in [-0.25, -0.2) is 0 Å². The molecule has 16 heavy (non-hydrogen) atoms. The van der Waals surface area contributed by atoms with E-state index < -0.39 is 0 Å².